The Hall–Kier alpha value is -2.83. The molecule has 3 heterocycles. The Morgan fingerprint density at radius 3 is 2.87 bits per heavy atom. The molecule has 0 aliphatic carbocycles. The summed E-state index contributed by atoms with van der Waals surface area (Å²) in [6.07, 6.45) is 5.14. The van der Waals surface area contributed by atoms with Crippen LogP contribution in [0.4, 0.5) is 0 Å². The number of amides is 2. The number of aromatic nitrogens is 3. The minimum absolute atomic E-state index is 0.00581. The SMILES string of the molecule is Cc1nnccc1C(=O)N[C@@H]1CC(=O)N(C)[C@H]1c1cccnc1. The molecule has 0 saturated carbocycles. The highest BCUT2D eigenvalue weighted by atomic mass is 16.2. The Balaban J connectivity index is 1.85. The van der Waals surface area contributed by atoms with Crippen molar-refractivity contribution in [1.82, 2.24) is 25.4 Å². The van der Waals surface area contributed by atoms with Gasteiger partial charge >= 0.3 is 0 Å². The average molecular weight is 311 g/mol. The second-order valence-corrected chi connectivity index (χ2v) is 5.55. The highest BCUT2D eigenvalue weighted by molar-refractivity contribution is 5.96. The lowest BCUT2D eigenvalue weighted by Crippen LogP contribution is -2.39. The molecule has 1 fully saturated rings. The fourth-order valence-corrected chi connectivity index (χ4v) is 2.89. The van der Waals surface area contributed by atoms with Crippen molar-refractivity contribution in [2.75, 3.05) is 7.05 Å². The number of nitrogens with one attached hydrogen (secondary N) is 1. The van der Waals surface area contributed by atoms with E-state index in [1.165, 1.54) is 6.20 Å². The standard InChI is InChI=1S/C16H17N5O2/c1-10-12(5-7-18-20-10)16(23)19-13-8-14(22)21(2)15(13)11-4-3-6-17-9-11/h3-7,9,13,15H,8H2,1-2H3,(H,19,23)/t13-,15+/m1/s1. The van der Waals surface area contributed by atoms with Gasteiger partial charge in [-0.3, -0.25) is 14.6 Å². The first-order valence-corrected chi connectivity index (χ1v) is 7.32. The molecule has 1 aliphatic heterocycles. The summed E-state index contributed by atoms with van der Waals surface area (Å²) in [6, 6.07) is 4.82. The fourth-order valence-electron chi connectivity index (χ4n) is 2.89. The number of nitrogens with zero attached hydrogens (tertiary/aromatic N) is 4. The lowest BCUT2D eigenvalue weighted by Gasteiger charge is -2.25. The second kappa shape index (κ2) is 6.12. The maximum absolute atomic E-state index is 12.5. The van der Waals surface area contributed by atoms with Crippen LogP contribution in [0.5, 0.6) is 0 Å². The summed E-state index contributed by atoms with van der Waals surface area (Å²) in [6.45, 7) is 1.73. The number of hydrogen-bond acceptors (Lipinski definition) is 5. The minimum atomic E-state index is -0.309. The van der Waals surface area contributed by atoms with Crippen molar-refractivity contribution in [3.8, 4) is 0 Å². The van der Waals surface area contributed by atoms with Crippen LogP contribution >= 0.6 is 0 Å². The van der Waals surface area contributed by atoms with E-state index in [0.29, 0.717) is 11.3 Å². The zero-order valence-corrected chi connectivity index (χ0v) is 12.9. The van der Waals surface area contributed by atoms with Gasteiger partial charge in [-0.1, -0.05) is 6.07 Å². The number of carbonyl (C=O) groups excluding carboxylic acids is 2. The predicted molar refractivity (Wildman–Crippen MR) is 82.4 cm³/mol. The van der Waals surface area contributed by atoms with E-state index in [9.17, 15) is 9.59 Å². The average Bonchev–Trinajstić information content (AvgIpc) is 2.83. The van der Waals surface area contributed by atoms with Crippen LogP contribution in [0.15, 0.2) is 36.8 Å². The van der Waals surface area contributed by atoms with Crippen LogP contribution < -0.4 is 5.32 Å². The molecule has 0 bridgehead atoms. The van der Waals surface area contributed by atoms with E-state index in [-0.39, 0.29) is 30.3 Å². The quantitative estimate of drug-likeness (QED) is 0.909. The predicted octanol–water partition coefficient (Wildman–Crippen LogP) is 0.882. The highest BCUT2D eigenvalue weighted by Gasteiger charge is 2.39. The van der Waals surface area contributed by atoms with Crippen molar-refractivity contribution in [2.24, 2.45) is 0 Å². The van der Waals surface area contributed by atoms with Gasteiger partial charge in [-0.15, -0.1) is 0 Å². The number of likely N-dealkylation sites (N-methyl/N-ethyl adjacent to an activating group) is 1. The molecule has 118 valence electrons. The van der Waals surface area contributed by atoms with Crippen molar-refractivity contribution in [3.63, 3.8) is 0 Å². The zero-order chi connectivity index (χ0) is 16.4. The molecule has 1 aliphatic rings. The molecule has 0 spiro atoms. The van der Waals surface area contributed by atoms with Crippen LogP contribution in [0.25, 0.3) is 0 Å². The van der Waals surface area contributed by atoms with Crippen LogP contribution in [0.1, 0.15) is 34.1 Å². The molecule has 2 amide bonds. The third-order valence-electron chi connectivity index (χ3n) is 4.08. The number of aryl methyl sites for hydroxylation is 1. The molecule has 3 rings (SSSR count). The van der Waals surface area contributed by atoms with Crippen molar-refractivity contribution in [1.29, 1.82) is 0 Å². The van der Waals surface area contributed by atoms with Crippen LogP contribution in [0.3, 0.4) is 0 Å². The van der Waals surface area contributed by atoms with Gasteiger partial charge in [0.2, 0.25) is 5.91 Å². The van der Waals surface area contributed by atoms with E-state index in [1.807, 2.05) is 12.1 Å². The third-order valence-corrected chi connectivity index (χ3v) is 4.08. The van der Waals surface area contributed by atoms with Crippen molar-refractivity contribution in [3.05, 3.63) is 53.6 Å². The molecular formula is C16H17N5O2. The Morgan fingerprint density at radius 1 is 1.35 bits per heavy atom. The fraction of sp³-hybridized carbons (Fsp3) is 0.312. The zero-order valence-electron chi connectivity index (χ0n) is 12.9. The summed E-state index contributed by atoms with van der Waals surface area (Å²) in [5.74, 6) is -0.256. The number of likely N-dealkylation sites (tertiary alicyclic amines) is 1. The van der Waals surface area contributed by atoms with Gasteiger partial charge in [0.1, 0.15) is 0 Å². The maximum atomic E-state index is 12.5. The van der Waals surface area contributed by atoms with Crippen molar-refractivity contribution < 1.29 is 9.59 Å². The summed E-state index contributed by atoms with van der Waals surface area (Å²) >= 11 is 0. The van der Waals surface area contributed by atoms with Crippen LogP contribution in [0.2, 0.25) is 0 Å². The lowest BCUT2D eigenvalue weighted by atomic mass is 10.0. The molecule has 0 radical (unpaired) electrons. The van der Waals surface area contributed by atoms with Gasteiger partial charge in [0, 0.05) is 25.9 Å². The highest BCUT2D eigenvalue weighted by Crippen LogP contribution is 2.31. The van der Waals surface area contributed by atoms with Crippen LogP contribution in [0, 0.1) is 6.92 Å². The van der Waals surface area contributed by atoms with E-state index >= 15 is 0 Å². The Labute approximate surface area is 133 Å². The summed E-state index contributed by atoms with van der Waals surface area (Å²) in [5.41, 5.74) is 1.92. The number of pyridine rings is 1. The topological polar surface area (TPSA) is 88.1 Å². The van der Waals surface area contributed by atoms with Gasteiger partial charge < -0.3 is 10.2 Å². The molecule has 2 aromatic rings. The Bertz CT molecular complexity index is 734. The molecule has 7 heteroatoms. The van der Waals surface area contributed by atoms with E-state index in [2.05, 4.69) is 20.5 Å². The van der Waals surface area contributed by atoms with Gasteiger partial charge in [0.15, 0.2) is 0 Å². The molecule has 2 aromatic heterocycles. The van der Waals surface area contributed by atoms with Crippen molar-refractivity contribution >= 4 is 11.8 Å². The maximum Gasteiger partial charge on any atom is 0.253 e. The number of hydrogen-bond donors (Lipinski definition) is 1. The number of carbonyl (C=O) groups is 2. The van der Waals surface area contributed by atoms with Gasteiger partial charge in [-0.05, 0) is 24.6 Å². The summed E-state index contributed by atoms with van der Waals surface area (Å²) in [4.78, 5) is 30.3. The first-order valence-electron chi connectivity index (χ1n) is 7.32. The normalized spacial score (nSPS) is 20.6. The van der Waals surface area contributed by atoms with Crippen LogP contribution in [-0.4, -0.2) is 45.0 Å². The van der Waals surface area contributed by atoms with E-state index in [0.717, 1.165) is 5.56 Å². The monoisotopic (exact) mass is 311 g/mol. The molecule has 1 N–H and O–H groups in total. The molecular weight excluding hydrogens is 294 g/mol. The van der Waals surface area contributed by atoms with Crippen LogP contribution in [-0.2, 0) is 4.79 Å². The molecule has 7 nitrogen and oxygen atoms in total. The van der Waals surface area contributed by atoms with Crippen molar-refractivity contribution in [2.45, 2.75) is 25.4 Å². The first kappa shape index (κ1) is 15.1. The third kappa shape index (κ3) is 2.90. The van der Waals surface area contributed by atoms with Gasteiger partial charge in [0.25, 0.3) is 5.91 Å². The van der Waals surface area contributed by atoms with E-state index in [1.54, 1.807) is 37.3 Å². The van der Waals surface area contributed by atoms with Gasteiger partial charge in [-0.2, -0.15) is 10.2 Å². The second-order valence-electron chi connectivity index (χ2n) is 5.55. The summed E-state index contributed by atoms with van der Waals surface area (Å²) in [5, 5.41) is 10.6. The summed E-state index contributed by atoms with van der Waals surface area (Å²) < 4.78 is 0. The van der Waals surface area contributed by atoms with Gasteiger partial charge in [0.05, 0.1) is 29.5 Å². The Kier molecular flexibility index (Phi) is 4.01. The molecule has 2 atom stereocenters. The van der Waals surface area contributed by atoms with Gasteiger partial charge in [-0.25, -0.2) is 0 Å². The molecule has 0 aromatic carbocycles. The minimum Gasteiger partial charge on any atom is -0.346 e. The first-order chi connectivity index (χ1) is 11.1. The number of rotatable bonds is 3. The van der Waals surface area contributed by atoms with E-state index < -0.39 is 0 Å². The largest absolute Gasteiger partial charge is 0.346 e. The summed E-state index contributed by atoms with van der Waals surface area (Å²) in [7, 11) is 1.74. The molecule has 23 heavy (non-hydrogen) atoms. The smallest absolute Gasteiger partial charge is 0.253 e. The van der Waals surface area contributed by atoms with E-state index in [4.69, 9.17) is 0 Å². The lowest BCUT2D eigenvalue weighted by molar-refractivity contribution is -0.127. The Morgan fingerprint density at radius 2 is 2.17 bits per heavy atom. The molecule has 0 unspecified atom stereocenters. The molecule has 1 saturated heterocycles.